The van der Waals surface area contributed by atoms with Crippen molar-refractivity contribution in [3.05, 3.63) is 83.6 Å². The van der Waals surface area contributed by atoms with E-state index in [1.807, 2.05) is 60.1 Å². The minimum absolute atomic E-state index is 0.0838. The zero-order valence-corrected chi connectivity index (χ0v) is 18.3. The van der Waals surface area contributed by atoms with Gasteiger partial charge in [-0.1, -0.05) is 60.7 Å². The van der Waals surface area contributed by atoms with Crippen LogP contribution in [0.4, 0.5) is 5.82 Å². The fourth-order valence-corrected chi connectivity index (χ4v) is 4.33. The van der Waals surface area contributed by atoms with Crippen LogP contribution in [0, 0.1) is 0 Å². The minimum Gasteiger partial charge on any atom is -0.394 e. The Morgan fingerprint density at radius 3 is 2.48 bits per heavy atom. The van der Waals surface area contributed by atoms with Gasteiger partial charge in [-0.15, -0.1) is 0 Å². The molecule has 6 nitrogen and oxygen atoms in total. The maximum atomic E-state index is 13.3. The largest absolute Gasteiger partial charge is 0.394 e. The molecular formula is C25H30N4O2. The Bertz CT molecular complexity index is 1050. The van der Waals surface area contributed by atoms with Gasteiger partial charge in [0.05, 0.1) is 29.9 Å². The quantitative estimate of drug-likeness (QED) is 0.567. The number of carbonyl (C=O) groups excluding carboxylic acids is 1. The maximum Gasteiger partial charge on any atom is 0.257 e. The second-order valence-electron chi connectivity index (χ2n) is 9.28. The number of fused-ring (bicyclic) bond motifs is 1. The van der Waals surface area contributed by atoms with E-state index in [2.05, 4.69) is 41.7 Å². The Morgan fingerprint density at radius 2 is 1.84 bits per heavy atom. The zero-order valence-electron chi connectivity index (χ0n) is 18.3. The number of anilines is 1. The van der Waals surface area contributed by atoms with Crippen LogP contribution >= 0.6 is 0 Å². The third kappa shape index (κ3) is 4.35. The lowest BCUT2D eigenvalue weighted by Crippen LogP contribution is -2.50. The van der Waals surface area contributed by atoms with Gasteiger partial charge in [0.2, 0.25) is 0 Å². The molecule has 0 saturated heterocycles. The Labute approximate surface area is 183 Å². The molecule has 3 N–H and O–H groups in total. The predicted molar refractivity (Wildman–Crippen MR) is 122 cm³/mol. The van der Waals surface area contributed by atoms with E-state index in [4.69, 9.17) is 0 Å². The molecule has 162 valence electrons. The molecule has 0 spiro atoms. The first kappa shape index (κ1) is 21.1. The summed E-state index contributed by atoms with van der Waals surface area (Å²) in [6.45, 7) is 5.96. The SMILES string of the molecule is CC(CO)(Cc1ccccc1)NC(=O)c1cnn2c1NC(c1ccccc1)CC2(C)C. The van der Waals surface area contributed by atoms with Gasteiger partial charge in [-0.25, -0.2) is 4.68 Å². The highest BCUT2D eigenvalue weighted by atomic mass is 16.3. The minimum atomic E-state index is -0.781. The molecule has 31 heavy (non-hydrogen) atoms. The highest BCUT2D eigenvalue weighted by Crippen LogP contribution is 2.39. The summed E-state index contributed by atoms with van der Waals surface area (Å²) in [4.78, 5) is 13.3. The highest BCUT2D eigenvalue weighted by molar-refractivity contribution is 5.99. The fraction of sp³-hybridized carbons (Fsp3) is 0.360. The number of aliphatic hydroxyl groups is 1. The normalized spacial score (nSPS) is 19.0. The Morgan fingerprint density at radius 1 is 1.19 bits per heavy atom. The standard InChI is InChI=1S/C25H30N4O2/c1-24(2)15-21(19-12-8-5-9-13-19)27-22-20(16-26-29(22)24)23(31)28-25(3,17-30)14-18-10-6-4-7-11-18/h4-13,16,21,27,30H,14-15,17H2,1-3H3,(H,28,31). The molecule has 2 aromatic carbocycles. The van der Waals surface area contributed by atoms with E-state index in [0.717, 1.165) is 12.0 Å². The van der Waals surface area contributed by atoms with Crippen molar-refractivity contribution >= 4 is 11.7 Å². The number of aromatic nitrogens is 2. The summed E-state index contributed by atoms with van der Waals surface area (Å²) in [6, 6.07) is 20.2. The van der Waals surface area contributed by atoms with E-state index < -0.39 is 5.54 Å². The monoisotopic (exact) mass is 418 g/mol. The number of rotatable bonds is 6. The number of carbonyl (C=O) groups is 1. The highest BCUT2D eigenvalue weighted by Gasteiger charge is 2.37. The molecular weight excluding hydrogens is 388 g/mol. The van der Waals surface area contributed by atoms with Crippen LogP contribution in [0.15, 0.2) is 66.9 Å². The van der Waals surface area contributed by atoms with Crippen molar-refractivity contribution in [2.24, 2.45) is 0 Å². The number of hydrogen-bond donors (Lipinski definition) is 3. The molecule has 0 bridgehead atoms. The van der Waals surface area contributed by atoms with E-state index in [9.17, 15) is 9.90 Å². The first-order valence-corrected chi connectivity index (χ1v) is 10.7. The summed E-state index contributed by atoms with van der Waals surface area (Å²) in [5.74, 6) is 0.466. The Balaban J connectivity index is 1.60. The molecule has 1 aliphatic heterocycles. The van der Waals surface area contributed by atoms with Crippen LogP contribution in [-0.2, 0) is 12.0 Å². The lowest BCUT2D eigenvalue weighted by molar-refractivity contribution is 0.0852. The van der Waals surface area contributed by atoms with Crippen molar-refractivity contribution in [2.75, 3.05) is 11.9 Å². The molecule has 1 amide bonds. The first-order chi connectivity index (χ1) is 14.8. The Kier molecular flexibility index (Phi) is 5.58. The molecule has 0 aliphatic carbocycles. The van der Waals surface area contributed by atoms with Crippen molar-refractivity contribution in [3.8, 4) is 0 Å². The van der Waals surface area contributed by atoms with Gasteiger partial charge >= 0.3 is 0 Å². The topological polar surface area (TPSA) is 79.2 Å². The summed E-state index contributed by atoms with van der Waals surface area (Å²) in [5, 5.41) is 21.2. The molecule has 3 aromatic rings. The summed E-state index contributed by atoms with van der Waals surface area (Å²) in [7, 11) is 0. The lowest BCUT2D eigenvalue weighted by Gasteiger charge is -2.38. The van der Waals surface area contributed by atoms with Gasteiger partial charge in [0.1, 0.15) is 11.4 Å². The number of aliphatic hydroxyl groups excluding tert-OH is 1. The van der Waals surface area contributed by atoms with Crippen molar-refractivity contribution in [1.29, 1.82) is 0 Å². The van der Waals surface area contributed by atoms with Crippen LogP contribution in [0.3, 0.4) is 0 Å². The van der Waals surface area contributed by atoms with Gasteiger partial charge in [0.25, 0.3) is 5.91 Å². The molecule has 2 atom stereocenters. The molecule has 2 heterocycles. The molecule has 4 rings (SSSR count). The van der Waals surface area contributed by atoms with E-state index in [-0.39, 0.29) is 24.1 Å². The van der Waals surface area contributed by atoms with Crippen LogP contribution < -0.4 is 10.6 Å². The van der Waals surface area contributed by atoms with Crippen LogP contribution in [0.5, 0.6) is 0 Å². The number of nitrogens with one attached hydrogen (secondary N) is 2. The molecule has 6 heteroatoms. The van der Waals surface area contributed by atoms with Crippen molar-refractivity contribution in [1.82, 2.24) is 15.1 Å². The molecule has 1 aliphatic rings. The van der Waals surface area contributed by atoms with Crippen molar-refractivity contribution < 1.29 is 9.90 Å². The summed E-state index contributed by atoms with van der Waals surface area (Å²) < 4.78 is 1.90. The van der Waals surface area contributed by atoms with Crippen molar-refractivity contribution in [3.63, 3.8) is 0 Å². The average molecular weight is 419 g/mol. The second-order valence-corrected chi connectivity index (χ2v) is 9.28. The van der Waals surface area contributed by atoms with Gasteiger partial charge in [-0.3, -0.25) is 4.79 Å². The lowest BCUT2D eigenvalue weighted by atomic mass is 9.89. The van der Waals surface area contributed by atoms with Gasteiger partial charge in [-0.2, -0.15) is 5.10 Å². The van der Waals surface area contributed by atoms with Crippen LogP contribution in [0.1, 0.15) is 54.7 Å². The van der Waals surface area contributed by atoms with Crippen LogP contribution in [-0.4, -0.2) is 32.9 Å². The molecule has 0 fully saturated rings. The second kappa shape index (κ2) is 8.19. The predicted octanol–water partition coefficient (Wildman–Crippen LogP) is 3.90. The van der Waals surface area contributed by atoms with E-state index >= 15 is 0 Å². The van der Waals surface area contributed by atoms with Crippen LogP contribution in [0.2, 0.25) is 0 Å². The summed E-state index contributed by atoms with van der Waals surface area (Å²) >= 11 is 0. The maximum absolute atomic E-state index is 13.3. The fourth-order valence-electron chi connectivity index (χ4n) is 4.33. The first-order valence-electron chi connectivity index (χ1n) is 10.7. The van der Waals surface area contributed by atoms with E-state index in [1.165, 1.54) is 5.56 Å². The van der Waals surface area contributed by atoms with E-state index in [0.29, 0.717) is 17.8 Å². The summed E-state index contributed by atoms with van der Waals surface area (Å²) in [6.07, 6.45) is 3.01. The van der Waals surface area contributed by atoms with Crippen LogP contribution in [0.25, 0.3) is 0 Å². The number of benzene rings is 2. The third-order valence-corrected chi connectivity index (χ3v) is 6.01. The van der Waals surface area contributed by atoms with Gasteiger partial charge < -0.3 is 15.7 Å². The molecule has 2 unspecified atom stereocenters. The third-order valence-electron chi connectivity index (χ3n) is 6.01. The van der Waals surface area contributed by atoms with Gasteiger partial charge in [-0.05, 0) is 44.7 Å². The van der Waals surface area contributed by atoms with E-state index in [1.54, 1.807) is 6.20 Å². The smallest absolute Gasteiger partial charge is 0.257 e. The number of nitrogens with zero attached hydrogens (tertiary/aromatic N) is 2. The summed E-state index contributed by atoms with van der Waals surface area (Å²) in [5.41, 5.74) is 1.69. The number of amides is 1. The molecule has 1 aromatic heterocycles. The van der Waals surface area contributed by atoms with Crippen molar-refractivity contribution in [2.45, 2.75) is 50.7 Å². The molecule has 0 saturated carbocycles. The van der Waals surface area contributed by atoms with Gasteiger partial charge in [0, 0.05) is 0 Å². The molecule has 0 radical (unpaired) electrons. The zero-order chi connectivity index (χ0) is 22.1. The number of hydrogen-bond acceptors (Lipinski definition) is 4. The van der Waals surface area contributed by atoms with Gasteiger partial charge in [0.15, 0.2) is 0 Å². The Hall–Kier alpha value is -3.12. The average Bonchev–Trinajstić information content (AvgIpc) is 3.20.